The summed E-state index contributed by atoms with van der Waals surface area (Å²) in [6.45, 7) is 1.47. The van der Waals surface area contributed by atoms with Crippen LogP contribution in [0.4, 0.5) is 0 Å². The van der Waals surface area contributed by atoms with Crippen molar-refractivity contribution in [1.29, 1.82) is 0 Å². The lowest BCUT2D eigenvalue weighted by Gasteiger charge is -2.47. The van der Waals surface area contributed by atoms with E-state index in [9.17, 15) is 30.6 Å². The summed E-state index contributed by atoms with van der Waals surface area (Å²) >= 11 is 0. The van der Waals surface area contributed by atoms with Gasteiger partial charge in [-0.1, -0.05) is 78.1 Å². The number of rotatable bonds is 22. The van der Waals surface area contributed by atoms with Crippen molar-refractivity contribution in [2.75, 3.05) is 39.6 Å². The molecular weight excluding hydrogens is 400 g/mol. The van der Waals surface area contributed by atoms with Gasteiger partial charge >= 0.3 is 0 Å². The first-order chi connectivity index (χ1) is 15.0. The summed E-state index contributed by atoms with van der Waals surface area (Å²) in [4.78, 5) is 0. The molecule has 0 spiro atoms. The molecule has 0 aliphatic carbocycles. The lowest BCUT2D eigenvalue weighted by atomic mass is 9.80. The van der Waals surface area contributed by atoms with Crippen molar-refractivity contribution >= 4 is 0 Å². The largest absolute Gasteiger partial charge is 0.396 e. The van der Waals surface area contributed by atoms with Crippen LogP contribution in [0, 0.1) is 11.8 Å². The number of aliphatic hydroxyl groups excluding tert-OH is 6. The Balaban J connectivity index is 5.40. The number of aliphatic hydroxyl groups is 6. The predicted molar refractivity (Wildman–Crippen MR) is 123 cm³/mol. The molecule has 7 nitrogen and oxygen atoms in total. The molecule has 2 unspecified atom stereocenters. The molecule has 0 amide bonds. The zero-order valence-electron chi connectivity index (χ0n) is 20.0. The minimum absolute atomic E-state index is 0.289. The van der Waals surface area contributed by atoms with Crippen molar-refractivity contribution < 1.29 is 35.4 Å². The van der Waals surface area contributed by atoms with Crippen LogP contribution in [0.15, 0.2) is 0 Å². The molecule has 0 radical (unpaired) electrons. The average Bonchev–Trinajstić information content (AvgIpc) is 2.81. The monoisotopic (exact) mass is 450 g/mol. The Morgan fingerprint density at radius 3 is 1.10 bits per heavy atom. The highest BCUT2D eigenvalue weighted by molar-refractivity contribution is 4.96. The number of hydrogen-bond acceptors (Lipinski definition) is 7. The molecule has 188 valence electrons. The highest BCUT2D eigenvalue weighted by atomic mass is 16.6. The van der Waals surface area contributed by atoms with Crippen LogP contribution in [0.3, 0.4) is 0 Å². The highest BCUT2D eigenvalue weighted by Gasteiger charge is 2.49. The van der Waals surface area contributed by atoms with Gasteiger partial charge in [0.05, 0.1) is 26.4 Å². The van der Waals surface area contributed by atoms with Crippen LogP contribution in [0.25, 0.3) is 0 Å². The summed E-state index contributed by atoms with van der Waals surface area (Å²) in [5, 5.41) is 60.7. The van der Waals surface area contributed by atoms with Crippen LogP contribution in [0.1, 0.15) is 90.9 Å². The Kier molecular flexibility index (Phi) is 18.0. The Morgan fingerprint density at radius 2 is 0.839 bits per heavy atom. The Morgan fingerprint density at radius 1 is 0.516 bits per heavy atom. The molecule has 0 aromatic heterocycles. The number of ether oxygens (including phenoxy) is 1. The summed E-state index contributed by atoms with van der Waals surface area (Å²) in [6, 6.07) is 0. The van der Waals surface area contributed by atoms with Gasteiger partial charge in [0.1, 0.15) is 11.2 Å². The van der Waals surface area contributed by atoms with Crippen molar-refractivity contribution in [3.8, 4) is 0 Å². The van der Waals surface area contributed by atoms with Crippen LogP contribution in [-0.4, -0.2) is 81.5 Å². The van der Waals surface area contributed by atoms with E-state index in [1.807, 2.05) is 0 Å². The fraction of sp³-hybridized carbons (Fsp3) is 1.00. The maximum Gasteiger partial charge on any atom is 0.120 e. The normalized spacial score (nSPS) is 14.7. The second kappa shape index (κ2) is 18.2. The highest BCUT2D eigenvalue weighted by Crippen LogP contribution is 2.36. The third-order valence-electron chi connectivity index (χ3n) is 6.72. The van der Waals surface area contributed by atoms with Crippen molar-refractivity contribution in [1.82, 2.24) is 0 Å². The van der Waals surface area contributed by atoms with E-state index in [0.29, 0.717) is 12.8 Å². The van der Waals surface area contributed by atoms with E-state index < -0.39 is 49.5 Å². The molecule has 2 atom stereocenters. The summed E-state index contributed by atoms with van der Waals surface area (Å²) < 4.78 is 6.16. The number of hydrogen-bond donors (Lipinski definition) is 6. The van der Waals surface area contributed by atoms with E-state index in [2.05, 4.69) is 13.8 Å². The molecule has 0 fully saturated rings. The van der Waals surface area contributed by atoms with Gasteiger partial charge in [0.15, 0.2) is 0 Å². The molecule has 0 aromatic rings. The van der Waals surface area contributed by atoms with E-state index in [-0.39, 0.29) is 13.2 Å². The Hall–Kier alpha value is -0.280. The van der Waals surface area contributed by atoms with Crippen molar-refractivity contribution in [2.45, 2.75) is 102 Å². The first-order valence-corrected chi connectivity index (χ1v) is 12.3. The molecule has 6 N–H and O–H groups in total. The van der Waals surface area contributed by atoms with Gasteiger partial charge in [0.2, 0.25) is 0 Å². The van der Waals surface area contributed by atoms with Crippen molar-refractivity contribution in [3.05, 3.63) is 0 Å². The maximum atomic E-state index is 10.2. The second-order valence-electron chi connectivity index (χ2n) is 9.03. The first-order valence-electron chi connectivity index (χ1n) is 12.3. The van der Waals surface area contributed by atoms with E-state index in [1.54, 1.807) is 0 Å². The SMILES string of the molecule is CCCCCCCC(CO)C(CO)(CO)OC(CO)(CO)C(CO)CCCCCCC. The third-order valence-corrected chi connectivity index (χ3v) is 6.72. The smallest absolute Gasteiger partial charge is 0.120 e. The fourth-order valence-electron chi connectivity index (χ4n) is 4.35. The summed E-state index contributed by atoms with van der Waals surface area (Å²) in [5.74, 6) is -1.10. The van der Waals surface area contributed by atoms with E-state index in [4.69, 9.17) is 4.74 Å². The summed E-state index contributed by atoms with van der Waals surface area (Å²) in [5.41, 5.74) is -3.03. The van der Waals surface area contributed by atoms with Crippen LogP contribution < -0.4 is 0 Å². The molecule has 0 heterocycles. The molecule has 0 aliphatic rings. The van der Waals surface area contributed by atoms with E-state index in [0.717, 1.165) is 64.2 Å². The molecule has 0 aromatic carbocycles. The maximum absolute atomic E-state index is 10.2. The van der Waals surface area contributed by atoms with Crippen LogP contribution in [0.2, 0.25) is 0 Å². The van der Waals surface area contributed by atoms with Crippen LogP contribution in [0.5, 0.6) is 0 Å². The van der Waals surface area contributed by atoms with E-state index in [1.165, 1.54) is 0 Å². The quantitative estimate of drug-likeness (QED) is 0.140. The Labute approximate surface area is 189 Å². The van der Waals surface area contributed by atoms with Crippen LogP contribution in [-0.2, 0) is 4.74 Å². The number of unbranched alkanes of at least 4 members (excludes halogenated alkanes) is 8. The topological polar surface area (TPSA) is 131 Å². The lowest BCUT2D eigenvalue weighted by molar-refractivity contribution is -0.262. The van der Waals surface area contributed by atoms with Gasteiger partial charge in [0.25, 0.3) is 0 Å². The average molecular weight is 451 g/mol. The fourth-order valence-corrected chi connectivity index (χ4v) is 4.35. The molecular formula is C24H50O7. The zero-order valence-corrected chi connectivity index (χ0v) is 20.0. The van der Waals surface area contributed by atoms with Gasteiger partial charge in [-0.25, -0.2) is 0 Å². The van der Waals surface area contributed by atoms with Gasteiger partial charge < -0.3 is 35.4 Å². The molecule has 7 heteroatoms. The molecule has 0 saturated carbocycles. The van der Waals surface area contributed by atoms with Gasteiger partial charge in [-0.15, -0.1) is 0 Å². The van der Waals surface area contributed by atoms with Gasteiger partial charge in [-0.3, -0.25) is 0 Å². The van der Waals surface area contributed by atoms with Crippen LogP contribution >= 0.6 is 0 Å². The van der Waals surface area contributed by atoms with Gasteiger partial charge in [-0.05, 0) is 12.8 Å². The van der Waals surface area contributed by atoms with Crippen molar-refractivity contribution in [3.63, 3.8) is 0 Å². The van der Waals surface area contributed by atoms with E-state index >= 15 is 0 Å². The Bertz CT molecular complexity index is 361. The standard InChI is InChI=1S/C24H50O7/c1-3-5-7-9-11-13-21(15-25)23(17-27,18-28)31-24(19-29,20-30)22(16-26)14-12-10-8-6-4-2/h21-22,25-30H,3-20H2,1-2H3. The second-order valence-corrected chi connectivity index (χ2v) is 9.03. The molecule has 0 saturated heterocycles. The lowest BCUT2D eigenvalue weighted by Crippen LogP contribution is -2.61. The predicted octanol–water partition coefficient (Wildman–Crippen LogP) is 2.39. The molecule has 31 heavy (non-hydrogen) atoms. The van der Waals surface area contributed by atoms with Gasteiger partial charge in [0, 0.05) is 25.0 Å². The third kappa shape index (κ3) is 10.0. The zero-order chi connectivity index (χ0) is 23.6. The molecule has 0 aliphatic heterocycles. The minimum atomic E-state index is -1.51. The summed E-state index contributed by atoms with van der Waals surface area (Å²) in [7, 11) is 0. The summed E-state index contributed by atoms with van der Waals surface area (Å²) in [6.07, 6.45) is 11.4. The van der Waals surface area contributed by atoms with Gasteiger partial charge in [-0.2, -0.15) is 0 Å². The molecule has 0 bridgehead atoms. The molecule has 0 rings (SSSR count). The van der Waals surface area contributed by atoms with Crippen molar-refractivity contribution in [2.24, 2.45) is 11.8 Å². The first kappa shape index (κ1) is 30.7. The minimum Gasteiger partial charge on any atom is -0.396 e.